The molecule has 3 rings (SSSR count). The normalized spacial score (nSPS) is 35.0. The number of carbonyl (C=O) groups is 2. The Morgan fingerprint density at radius 3 is 2.57 bits per heavy atom. The topological polar surface area (TPSA) is 61.4 Å². The van der Waals surface area contributed by atoms with Crippen molar-refractivity contribution in [2.45, 2.75) is 82.5 Å². The van der Waals surface area contributed by atoms with Crippen molar-refractivity contribution < 1.29 is 9.59 Å². The summed E-state index contributed by atoms with van der Waals surface area (Å²) in [7, 11) is 0. The average Bonchev–Trinajstić information content (AvgIpc) is 3.06. The number of piperidine rings is 1. The Kier molecular flexibility index (Phi) is 4.48. The van der Waals surface area contributed by atoms with Crippen LogP contribution in [0.15, 0.2) is 0 Å². The van der Waals surface area contributed by atoms with E-state index in [4.69, 9.17) is 0 Å². The maximum atomic E-state index is 12.5. The number of nitrogens with zero attached hydrogens (tertiary/aromatic N) is 1. The van der Waals surface area contributed by atoms with Gasteiger partial charge in [0.2, 0.25) is 11.8 Å². The van der Waals surface area contributed by atoms with Crippen LogP contribution in [0.5, 0.6) is 0 Å². The van der Waals surface area contributed by atoms with Crippen LogP contribution in [0.2, 0.25) is 0 Å². The van der Waals surface area contributed by atoms with Gasteiger partial charge in [-0.3, -0.25) is 9.59 Å². The van der Waals surface area contributed by atoms with E-state index in [-0.39, 0.29) is 17.9 Å². The zero-order chi connectivity index (χ0) is 14.8. The minimum Gasteiger partial charge on any atom is -0.351 e. The van der Waals surface area contributed by atoms with E-state index in [1.807, 2.05) is 6.92 Å². The Hall–Kier alpha value is -1.10. The zero-order valence-corrected chi connectivity index (χ0v) is 12.9. The van der Waals surface area contributed by atoms with Gasteiger partial charge >= 0.3 is 0 Å². The first-order valence-corrected chi connectivity index (χ1v) is 8.53. The first-order valence-electron chi connectivity index (χ1n) is 8.53. The van der Waals surface area contributed by atoms with Crippen LogP contribution in [0.1, 0.15) is 58.3 Å². The van der Waals surface area contributed by atoms with Gasteiger partial charge in [0.15, 0.2) is 0 Å². The number of carbonyl (C=O) groups excluding carboxylic acids is 2. The molecule has 3 aliphatic heterocycles. The first kappa shape index (κ1) is 14.8. The molecule has 3 fully saturated rings. The number of amides is 2. The summed E-state index contributed by atoms with van der Waals surface area (Å²) in [6, 6.07) is 1.22. The molecule has 3 atom stereocenters. The van der Waals surface area contributed by atoms with E-state index in [9.17, 15) is 9.59 Å². The summed E-state index contributed by atoms with van der Waals surface area (Å²) in [6.45, 7) is 2.75. The molecule has 2 amide bonds. The molecule has 3 aliphatic rings. The fourth-order valence-electron chi connectivity index (χ4n) is 4.17. The van der Waals surface area contributed by atoms with E-state index in [0.29, 0.717) is 24.5 Å². The predicted octanol–water partition coefficient (Wildman–Crippen LogP) is 1.18. The number of rotatable bonds is 4. The van der Waals surface area contributed by atoms with Crippen LogP contribution in [0, 0.1) is 0 Å². The molecule has 0 spiro atoms. The van der Waals surface area contributed by atoms with E-state index >= 15 is 0 Å². The molecule has 0 radical (unpaired) electrons. The Bertz CT molecular complexity index is 400. The second-order valence-electron chi connectivity index (χ2n) is 6.81. The monoisotopic (exact) mass is 293 g/mol. The molecule has 5 heteroatoms. The minimum atomic E-state index is -0.225. The molecule has 5 nitrogen and oxygen atoms in total. The van der Waals surface area contributed by atoms with Gasteiger partial charge in [-0.1, -0.05) is 6.92 Å². The number of fused-ring (bicyclic) bond motifs is 2. The van der Waals surface area contributed by atoms with Crippen molar-refractivity contribution in [3.8, 4) is 0 Å². The molecule has 0 aromatic carbocycles. The molecule has 0 aromatic heterocycles. The van der Waals surface area contributed by atoms with Crippen molar-refractivity contribution in [3.05, 3.63) is 0 Å². The van der Waals surface area contributed by atoms with E-state index in [0.717, 1.165) is 38.6 Å². The number of nitrogens with one attached hydrogen (secondary N) is 2. The van der Waals surface area contributed by atoms with Crippen molar-refractivity contribution in [2.75, 3.05) is 6.54 Å². The molecule has 2 bridgehead atoms. The smallest absolute Gasteiger partial charge is 0.243 e. The quantitative estimate of drug-likeness (QED) is 0.818. The highest BCUT2D eigenvalue weighted by molar-refractivity contribution is 5.88. The second-order valence-corrected chi connectivity index (χ2v) is 6.81. The largest absolute Gasteiger partial charge is 0.351 e. The number of hydrogen-bond donors (Lipinski definition) is 2. The SMILES string of the molecule is CCCC(=O)N1CCCC1C(=O)NC1CC2CCC(C1)N2. The molecule has 0 aromatic rings. The van der Waals surface area contributed by atoms with Crippen molar-refractivity contribution in [2.24, 2.45) is 0 Å². The third kappa shape index (κ3) is 3.23. The maximum absolute atomic E-state index is 12.5. The summed E-state index contributed by atoms with van der Waals surface area (Å²) < 4.78 is 0. The van der Waals surface area contributed by atoms with Crippen molar-refractivity contribution in [1.29, 1.82) is 0 Å². The summed E-state index contributed by atoms with van der Waals surface area (Å²) in [4.78, 5) is 26.4. The lowest BCUT2D eigenvalue weighted by Crippen LogP contribution is -2.53. The van der Waals surface area contributed by atoms with E-state index in [2.05, 4.69) is 10.6 Å². The molecular weight excluding hydrogens is 266 g/mol. The van der Waals surface area contributed by atoms with E-state index in [1.54, 1.807) is 4.90 Å². The van der Waals surface area contributed by atoms with Gasteiger partial charge in [0, 0.05) is 31.1 Å². The summed E-state index contributed by atoms with van der Waals surface area (Å²) in [5.74, 6) is 0.212. The lowest BCUT2D eigenvalue weighted by Gasteiger charge is -2.32. The standard InChI is InChI=1S/C16H27N3O2/c1-2-4-15(20)19-8-3-5-14(19)16(21)18-13-9-11-6-7-12(10-13)17-11/h11-14,17H,2-10H2,1H3,(H,18,21). The van der Waals surface area contributed by atoms with Crippen LogP contribution in [0.3, 0.4) is 0 Å². The van der Waals surface area contributed by atoms with Crippen LogP contribution >= 0.6 is 0 Å². The van der Waals surface area contributed by atoms with Crippen molar-refractivity contribution in [1.82, 2.24) is 15.5 Å². The van der Waals surface area contributed by atoms with Gasteiger partial charge in [-0.25, -0.2) is 0 Å². The van der Waals surface area contributed by atoms with Crippen LogP contribution in [-0.2, 0) is 9.59 Å². The fraction of sp³-hybridized carbons (Fsp3) is 0.875. The summed E-state index contributed by atoms with van der Waals surface area (Å²) in [5, 5.41) is 6.81. The van der Waals surface area contributed by atoms with Crippen LogP contribution in [0.4, 0.5) is 0 Å². The highest BCUT2D eigenvalue weighted by Crippen LogP contribution is 2.27. The first-order chi connectivity index (χ1) is 10.2. The molecule has 2 N–H and O–H groups in total. The Morgan fingerprint density at radius 1 is 1.19 bits per heavy atom. The summed E-state index contributed by atoms with van der Waals surface area (Å²) in [6.07, 6.45) is 7.73. The van der Waals surface area contributed by atoms with Crippen molar-refractivity contribution in [3.63, 3.8) is 0 Å². The lowest BCUT2D eigenvalue weighted by atomic mass is 9.99. The predicted molar refractivity (Wildman–Crippen MR) is 80.8 cm³/mol. The van der Waals surface area contributed by atoms with E-state index < -0.39 is 0 Å². The molecule has 3 heterocycles. The molecule has 21 heavy (non-hydrogen) atoms. The van der Waals surface area contributed by atoms with Gasteiger partial charge in [0.25, 0.3) is 0 Å². The third-order valence-electron chi connectivity index (χ3n) is 5.16. The van der Waals surface area contributed by atoms with Gasteiger partial charge in [0.1, 0.15) is 6.04 Å². The average molecular weight is 293 g/mol. The number of likely N-dealkylation sites (tertiary alicyclic amines) is 1. The Labute approximate surface area is 126 Å². The fourth-order valence-corrected chi connectivity index (χ4v) is 4.17. The van der Waals surface area contributed by atoms with Gasteiger partial charge in [-0.05, 0) is 44.9 Å². The minimum absolute atomic E-state index is 0.0725. The highest BCUT2D eigenvalue weighted by atomic mass is 16.2. The Morgan fingerprint density at radius 2 is 1.90 bits per heavy atom. The molecule has 3 saturated heterocycles. The molecule has 3 unspecified atom stereocenters. The molecule has 0 saturated carbocycles. The van der Waals surface area contributed by atoms with Crippen molar-refractivity contribution >= 4 is 11.8 Å². The van der Waals surface area contributed by atoms with Crippen LogP contribution in [-0.4, -0.2) is 47.4 Å². The molecule has 0 aliphatic carbocycles. The van der Waals surface area contributed by atoms with Crippen LogP contribution < -0.4 is 10.6 Å². The molecule has 118 valence electrons. The molecular formula is C16H27N3O2. The maximum Gasteiger partial charge on any atom is 0.243 e. The number of hydrogen-bond acceptors (Lipinski definition) is 3. The second kappa shape index (κ2) is 6.34. The van der Waals surface area contributed by atoms with Gasteiger partial charge < -0.3 is 15.5 Å². The third-order valence-corrected chi connectivity index (χ3v) is 5.16. The van der Waals surface area contributed by atoms with Crippen LogP contribution in [0.25, 0.3) is 0 Å². The Balaban J connectivity index is 1.55. The van der Waals surface area contributed by atoms with Gasteiger partial charge in [-0.2, -0.15) is 0 Å². The lowest BCUT2D eigenvalue weighted by molar-refractivity contribution is -0.138. The van der Waals surface area contributed by atoms with Gasteiger partial charge in [0.05, 0.1) is 0 Å². The summed E-state index contributed by atoms with van der Waals surface area (Å²) in [5.41, 5.74) is 0. The summed E-state index contributed by atoms with van der Waals surface area (Å²) >= 11 is 0. The van der Waals surface area contributed by atoms with E-state index in [1.165, 1.54) is 12.8 Å². The van der Waals surface area contributed by atoms with Gasteiger partial charge in [-0.15, -0.1) is 0 Å². The zero-order valence-electron chi connectivity index (χ0n) is 12.9. The highest BCUT2D eigenvalue weighted by Gasteiger charge is 2.37.